The maximum absolute atomic E-state index is 3.25. The normalized spacial score (nSPS) is 2.67. The molecule has 0 aliphatic heterocycles. The summed E-state index contributed by atoms with van der Waals surface area (Å²) < 4.78 is 0. The van der Waals surface area contributed by atoms with Crippen LogP contribution < -0.4 is 0 Å². The molecule has 0 spiro atoms. The van der Waals surface area contributed by atoms with E-state index in [0.29, 0.717) is 0 Å². The first-order chi connectivity index (χ1) is 2.41. The molecule has 9 heavy (non-hydrogen) atoms. The molecule has 0 aromatic heterocycles. The first-order valence-electron chi connectivity index (χ1n) is 1.68. The largest absolute Gasteiger partial charge is 2.00 e. The molecule has 0 rings (SSSR count). The topological polar surface area (TPSA) is 0 Å². The van der Waals surface area contributed by atoms with Crippen LogP contribution in [0.15, 0.2) is 0 Å². The van der Waals surface area contributed by atoms with Gasteiger partial charge in [-0.05, 0) is 0 Å². The molecule has 0 unspecified atom stereocenters. The van der Waals surface area contributed by atoms with Gasteiger partial charge >= 0.3 is 21.1 Å². The molecular formula is C6H16BrW2-. The smallest absolute Gasteiger partial charge is 0.358 e. The Morgan fingerprint density at radius 3 is 1.22 bits per heavy atom. The van der Waals surface area contributed by atoms with E-state index < -0.39 is 0 Å². The molecule has 60 valence electrons. The van der Waals surface area contributed by atoms with Crippen LogP contribution in [0.2, 0.25) is 0 Å². The van der Waals surface area contributed by atoms with Crippen molar-refractivity contribution in [3.05, 3.63) is 21.8 Å². The molecule has 0 aromatic carbocycles. The predicted octanol–water partition coefficient (Wildman–Crippen LogP) is 3.14. The van der Waals surface area contributed by atoms with Gasteiger partial charge in [0, 0.05) is 26.4 Å². The molecule has 0 aliphatic carbocycles. The van der Waals surface area contributed by atoms with Gasteiger partial charge < -0.3 is 21.8 Å². The van der Waals surface area contributed by atoms with Gasteiger partial charge in [0.05, 0.1) is 0 Å². The fourth-order valence-corrected chi connectivity index (χ4v) is 0. The SMILES string of the molecule is CCBr.[CH2-]C.[CH3-].[CH3-].[W+2].[W]. The van der Waals surface area contributed by atoms with Crippen LogP contribution in [-0.4, -0.2) is 5.33 Å². The summed E-state index contributed by atoms with van der Waals surface area (Å²) >= 11 is 3.15. The Morgan fingerprint density at radius 1 is 1.22 bits per heavy atom. The fraction of sp³-hybridized carbons (Fsp3) is 0.500. The number of halogens is 1. The summed E-state index contributed by atoms with van der Waals surface area (Å²) in [5.41, 5.74) is 0. The van der Waals surface area contributed by atoms with Crippen LogP contribution in [0, 0.1) is 21.8 Å². The zero-order valence-corrected chi connectivity index (χ0v) is 14.1. The minimum atomic E-state index is 0. The molecule has 0 aliphatic rings. The van der Waals surface area contributed by atoms with Gasteiger partial charge in [-0.1, -0.05) is 22.9 Å². The Balaban J connectivity index is -0.00000000357. The Labute approximate surface area is 98.2 Å². The molecule has 0 heterocycles. The van der Waals surface area contributed by atoms with E-state index in [9.17, 15) is 0 Å². The predicted molar refractivity (Wildman–Crippen MR) is 43.3 cm³/mol. The summed E-state index contributed by atoms with van der Waals surface area (Å²) in [5.74, 6) is 0. The second-order valence-electron chi connectivity index (χ2n) is 0.267. The molecule has 0 bridgehead atoms. The summed E-state index contributed by atoms with van der Waals surface area (Å²) in [6, 6.07) is 0. The van der Waals surface area contributed by atoms with E-state index in [2.05, 4.69) is 22.9 Å². The summed E-state index contributed by atoms with van der Waals surface area (Å²) in [5, 5.41) is 1.06. The maximum atomic E-state index is 3.25. The van der Waals surface area contributed by atoms with Crippen LogP contribution in [-0.2, 0) is 42.1 Å². The standard InChI is InChI=1S/C2H5Br.C2H5.2CH3.2W/c1-2-3;1-2;;;;/h2H2,1H3;1H2,2H3;2*1H3;;/q;3*-1;;+2. The van der Waals surface area contributed by atoms with Crippen molar-refractivity contribution in [2.24, 2.45) is 0 Å². The van der Waals surface area contributed by atoms with Crippen molar-refractivity contribution >= 4 is 15.9 Å². The Morgan fingerprint density at radius 2 is 1.22 bits per heavy atom. The summed E-state index contributed by atoms with van der Waals surface area (Å²) in [6.07, 6.45) is 0. The molecule has 0 fully saturated rings. The zero-order valence-electron chi connectivity index (χ0n) is 6.61. The maximum Gasteiger partial charge on any atom is 2.00 e. The third-order valence-electron chi connectivity index (χ3n) is 0. The van der Waals surface area contributed by atoms with Crippen molar-refractivity contribution in [3.8, 4) is 0 Å². The van der Waals surface area contributed by atoms with Crippen molar-refractivity contribution in [2.75, 3.05) is 5.33 Å². The van der Waals surface area contributed by atoms with Crippen LogP contribution in [0.1, 0.15) is 13.8 Å². The second kappa shape index (κ2) is 94.7. The van der Waals surface area contributed by atoms with E-state index in [1.54, 1.807) is 6.92 Å². The molecule has 0 amide bonds. The average Bonchev–Trinajstić information content (AvgIpc) is 1.46. The van der Waals surface area contributed by atoms with Crippen molar-refractivity contribution < 1.29 is 42.1 Å². The van der Waals surface area contributed by atoms with Crippen LogP contribution in [0.25, 0.3) is 0 Å². The second-order valence-corrected chi connectivity index (χ2v) is 1.39. The van der Waals surface area contributed by atoms with Crippen molar-refractivity contribution in [1.82, 2.24) is 0 Å². The minimum Gasteiger partial charge on any atom is -0.358 e. The molecule has 0 atom stereocenters. The van der Waals surface area contributed by atoms with Crippen LogP contribution in [0.4, 0.5) is 0 Å². The Bertz CT molecular complexity index is 11.0. The monoisotopic (exact) mass is 535 g/mol. The van der Waals surface area contributed by atoms with Crippen molar-refractivity contribution in [3.63, 3.8) is 0 Å². The number of hydrogen-bond donors (Lipinski definition) is 0. The third kappa shape index (κ3) is 177. The van der Waals surface area contributed by atoms with Gasteiger partial charge in [-0.15, -0.1) is 0 Å². The molecule has 0 saturated carbocycles. The first kappa shape index (κ1) is 44.7. The van der Waals surface area contributed by atoms with Gasteiger partial charge in [-0.25, -0.2) is 0 Å². The quantitative estimate of drug-likeness (QED) is 0.330. The van der Waals surface area contributed by atoms with Crippen LogP contribution >= 0.6 is 15.9 Å². The zero-order chi connectivity index (χ0) is 4.71. The number of alkyl halides is 1. The van der Waals surface area contributed by atoms with Gasteiger partial charge in [0.2, 0.25) is 0 Å². The van der Waals surface area contributed by atoms with E-state index in [1.165, 1.54) is 0 Å². The summed E-state index contributed by atoms with van der Waals surface area (Å²) in [6.45, 7) is 7.04. The van der Waals surface area contributed by atoms with Gasteiger partial charge in [0.25, 0.3) is 0 Å². The number of hydrogen-bond acceptors (Lipinski definition) is 0. The summed E-state index contributed by atoms with van der Waals surface area (Å²) in [7, 11) is 0. The molecule has 3 heteroatoms. The minimum absolute atomic E-state index is 0. The van der Waals surface area contributed by atoms with Crippen molar-refractivity contribution in [2.45, 2.75) is 13.8 Å². The molecule has 0 N–H and O–H groups in total. The fourth-order valence-electron chi connectivity index (χ4n) is 0. The van der Waals surface area contributed by atoms with Gasteiger partial charge in [-0.3, -0.25) is 0 Å². The molecule has 0 nitrogen and oxygen atoms in total. The first-order valence-corrected chi connectivity index (χ1v) is 2.80. The summed E-state index contributed by atoms with van der Waals surface area (Å²) in [4.78, 5) is 0. The molecule has 0 radical (unpaired) electrons. The van der Waals surface area contributed by atoms with Crippen molar-refractivity contribution in [1.29, 1.82) is 0 Å². The van der Waals surface area contributed by atoms with E-state index in [1.807, 2.05) is 6.92 Å². The Kier molecular flexibility index (Phi) is 471. The Hall–Kier alpha value is 1.86. The van der Waals surface area contributed by atoms with Crippen LogP contribution in [0.5, 0.6) is 0 Å². The van der Waals surface area contributed by atoms with E-state index in [-0.39, 0.29) is 57.0 Å². The molecule has 0 saturated heterocycles. The van der Waals surface area contributed by atoms with E-state index in [4.69, 9.17) is 0 Å². The molecule has 0 aromatic rings. The van der Waals surface area contributed by atoms with Gasteiger partial charge in [0.1, 0.15) is 0 Å². The van der Waals surface area contributed by atoms with Gasteiger partial charge in [-0.2, -0.15) is 6.92 Å². The molecular weight excluding hydrogens is 520 g/mol. The third-order valence-corrected chi connectivity index (χ3v) is 0. The number of rotatable bonds is 0. The van der Waals surface area contributed by atoms with Gasteiger partial charge in [0.15, 0.2) is 0 Å². The average molecular weight is 536 g/mol. The van der Waals surface area contributed by atoms with E-state index in [0.717, 1.165) is 5.33 Å². The van der Waals surface area contributed by atoms with Crippen LogP contribution in [0.3, 0.4) is 0 Å². The van der Waals surface area contributed by atoms with E-state index >= 15 is 0 Å².